The third kappa shape index (κ3) is 0.894. The zero-order valence-electron chi connectivity index (χ0n) is 7.63. The van der Waals surface area contributed by atoms with Gasteiger partial charge in [0.05, 0.1) is 0 Å². The molecule has 0 unspecified atom stereocenters. The SMILES string of the molecule is N#C[O][Cr](=[O])(=[O])([C]#N)([C]#N)([C]#N)([C]#N)[O]N=O. The molecule has 0 aliphatic heterocycles. The second-order valence-corrected chi connectivity index (χ2v) is 12.0. The summed E-state index contributed by atoms with van der Waals surface area (Å²) in [7, 11) is -10.7. The van der Waals surface area contributed by atoms with Crippen LogP contribution in [0.15, 0.2) is 5.34 Å². The van der Waals surface area contributed by atoms with Gasteiger partial charge in [-0.2, -0.15) is 0 Å². The van der Waals surface area contributed by atoms with Crippen molar-refractivity contribution < 1.29 is 24.6 Å². The molecule has 86 valence electrons. The van der Waals surface area contributed by atoms with Gasteiger partial charge in [-0.3, -0.25) is 0 Å². The summed E-state index contributed by atoms with van der Waals surface area (Å²) < 4.78 is 30.8. The molecule has 0 saturated heterocycles. The number of hydrogen-bond donors (Lipinski definition) is 0. The van der Waals surface area contributed by atoms with Gasteiger partial charge in [-0.15, -0.1) is 0 Å². The van der Waals surface area contributed by atoms with E-state index in [-0.39, 0.29) is 26.0 Å². The molecule has 0 aliphatic carbocycles. The van der Waals surface area contributed by atoms with E-state index in [1.165, 1.54) is 5.34 Å². The van der Waals surface area contributed by atoms with E-state index >= 15 is 0 Å². The zero-order valence-corrected chi connectivity index (χ0v) is 8.91. The predicted molar refractivity (Wildman–Crippen MR) is 37.4 cm³/mol. The normalized spacial score (nSPS) is 18.3. The Morgan fingerprint density at radius 3 is 1.41 bits per heavy atom. The summed E-state index contributed by atoms with van der Waals surface area (Å²) in [5.41, 5.74) is 0. The third-order valence-corrected chi connectivity index (χ3v) is 7.10. The van der Waals surface area contributed by atoms with Gasteiger partial charge in [0.15, 0.2) is 0 Å². The van der Waals surface area contributed by atoms with Crippen molar-refractivity contribution in [2.45, 2.75) is 0 Å². The Morgan fingerprint density at radius 1 is 0.882 bits per heavy atom. The molecular weight excluding hydrogens is 276 g/mol. The summed E-state index contributed by atoms with van der Waals surface area (Å²) in [5.74, 6) is 0. The average molecular weight is 276 g/mol. The molecule has 17 heavy (non-hydrogen) atoms. The topological polar surface area (TPSA) is 201 Å². The molecule has 0 aliphatic rings. The second-order valence-electron chi connectivity index (χ2n) is 3.04. The summed E-state index contributed by atoms with van der Waals surface area (Å²) >= 11 is 0. The van der Waals surface area contributed by atoms with E-state index in [0.29, 0.717) is 0 Å². The molecule has 0 N–H and O–H groups in total. The van der Waals surface area contributed by atoms with Gasteiger partial charge in [0, 0.05) is 0 Å². The van der Waals surface area contributed by atoms with Crippen LogP contribution < -0.4 is 0 Å². The first-order valence-electron chi connectivity index (χ1n) is 3.17. The summed E-state index contributed by atoms with van der Waals surface area (Å²) in [5, 5.41) is 43.7. The van der Waals surface area contributed by atoms with Crippen LogP contribution in [0.4, 0.5) is 0 Å². The van der Waals surface area contributed by atoms with Gasteiger partial charge in [-0.05, 0) is 0 Å². The van der Waals surface area contributed by atoms with Crippen LogP contribution in [0.25, 0.3) is 0 Å². The minimum atomic E-state index is -10.7. The van der Waals surface area contributed by atoms with Gasteiger partial charge >= 0.3 is 87.2 Å². The van der Waals surface area contributed by atoms with Crippen molar-refractivity contribution in [1.82, 2.24) is 0 Å². The molecule has 0 bridgehead atoms. The number of hydrogen-bond acceptors (Lipinski definition) is 11. The quantitative estimate of drug-likeness (QED) is 0.381. The Hall–Kier alpha value is -3.22. The Balaban J connectivity index is 8.16. The molecule has 0 spiro atoms. The Kier molecular flexibility index (Phi) is 1.34. The fourth-order valence-corrected chi connectivity index (χ4v) is 2.05. The number of nitrogens with zero attached hydrogens (tertiary/aromatic N) is 6. The zero-order chi connectivity index (χ0) is 14.0. The van der Waals surface area contributed by atoms with Crippen molar-refractivity contribution in [2.24, 2.45) is 5.34 Å². The maximum absolute atomic E-state index is 12.3. The van der Waals surface area contributed by atoms with Crippen LogP contribution >= 0.6 is 0 Å². The van der Waals surface area contributed by atoms with Crippen LogP contribution in [0.5, 0.6) is 0 Å². The first-order valence-corrected chi connectivity index (χ1v) is 7.80. The Morgan fingerprint density at radius 2 is 1.24 bits per heavy atom. The van der Waals surface area contributed by atoms with Crippen LogP contribution in [0.2, 0.25) is 0 Å². The van der Waals surface area contributed by atoms with Crippen molar-refractivity contribution in [2.75, 3.05) is 0 Å². The van der Waals surface area contributed by atoms with Gasteiger partial charge in [0.2, 0.25) is 0 Å². The standard InChI is InChI=1S/CHNO.4CN.Cr.HNO2.2O/c2-1-3;4*1-2;;2-1-3;;/h3H;;;;;;(H,2,3);;/q;;;;;+2;;;/p-2. The summed E-state index contributed by atoms with van der Waals surface area (Å²) in [6, 6.07) is 0. The summed E-state index contributed by atoms with van der Waals surface area (Å²) in [6.07, 6.45) is 0.288. The second kappa shape index (κ2) is 1.65. The summed E-state index contributed by atoms with van der Waals surface area (Å²) in [6.45, 7) is 0. The minimum absolute atomic E-state index is 0.0578. The van der Waals surface area contributed by atoms with E-state index in [4.69, 9.17) is 26.3 Å². The predicted octanol–water partition coefficient (Wildman–Crippen LogP) is -0.0759. The molecule has 0 rings (SSSR count). The fourth-order valence-electron chi connectivity index (χ4n) is 0.497. The molecule has 11 nitrogen and oxygen atoms in total. The van der Waals surface area contributed by atoms with Crippen molar-refractivity contribution in [3.63, 3.8) is 0 Å². The molecule has 0 saturated carbocycles. The molecule has 12 heteroatoms. The number of nitriles is 5. The van der Waals surface area contributed by atoms with Crippen molar-refractivity contribution in [1.29, 1.82) is 26.3 Å². The number of rotatable bonds is 3. The third-order valence-electron chi connectivity index (χ3n) is 1.72. The Bertz CT molecular complexity index is 823. The molecule has 0 aromatic heterocycles. The maximum atomic E-state index is 12.3. The van der Waals surface area contributed by atoms with E-state index in [1.54, 1.807) is 0 Å². The average Bonchev–Trinajstić information content (AvgIpc) is 2.33. The molecule has 0 fully saturated rings. The fraction of sp³-hybridized carbons (Fsp3) is 0. The van der Waals surface area contributed by atoms with E-state index < -0.39 is 9.33 Å². The molecule has 0 aromatic rings. The molecule has 0 aromatic carbocycles. The molecule has 0 atom stereocenters. The molecule has 0 radical (unpaired) electrons. The monoisotopic (exact) mass is 276 g/mol. The van der Waals surface area contributed by atoms with Gasteiger partial charge < -0.3 is 0 Å². The molecule has 0 heterocycles. The van der Waals surface area contributed by atoms with Gasteiger partial charge in [0.25, 0.3) is 0 Å². The van der Waals surface area contributed by atoms with Gasteiger partial charge in [-0.25, -0.2) is 0 Å². The first kappa shape index (κ1) is 13.8. The van der Waals surface area contributed by atoms with Crippen LogP contribution in [0.3, 0.4) is 0 Å². The van der Waals surface area contributed by atoms with Crippen LogP contribution in [0, 0.1) is 57.2 Å². The van der Waals surface area contributed by atoms with E-state index in [2.05, 4.69) is 7.68 Å². The van der Waals surface area contributed by atoms with Crippen molar-refractivity contribution >= 4 is 0 Å². The Labute approximate surface area is 87.7 Å². The van der Waals surface area contributed by atoms with E-state index in [9.17, 15) is 12.5 Å². The van der Waals surface area contributed by atoms with Crippen LogP contribution in [-0.2, 0) is 24.6 Å². The van der Waals surface area contributed by atoms with Crippen LogP contribution in [0.1, 0.15) is 0 Å². The van der Waals surface area contributed by atoms with Crippen LogP contribution in [-0.4, -0.2) is 0 Å². The van der Waals surface area contributed by atoms with E-state index in [1.807, 2.05) is 0 Å². The molecule has 0 amide bonds. The molecular formula is C5CrN6O5. The van der Waals surface area contributed by atoms with Gasteiger partial charge in [-0.1, -0.05) is 0 Å². The first-order chi connectivity index (χ1) is 7.45. The van der Waals surface area contributed by atoms with Crippen molar-refractivity contribution in [3.8, 4) is 26.0 Å². The van der Waals surface area contributed by atoms with Gasteiger partial charge in [0.1, 0.15) is 0 Å². The summed E-state index contributed by atoms with van der Waals surface area (Å²) in [4.78, 5) is 9.69. The van der Waals surface area contributed by atoms with Crippen molar-refractivity contribution in [3.05, 3.63) is 4.91 Å². The van der Waals surface area contributed by atoms with E-state index in [0.717, 1.165) is 0 Å².